The maximum Gasteiger partial charge on any atom is 0.221 e. The van der Waals surface area contributed by atoms with Crippen LogP contribution >= 0.6 is 27.7 Å². The van der Waals surface area contributed by atoms with Gasteiger partial charge in [-0.2, -0.15) is 0 Å². The summed E-state index contributed by atoms with van der Waals surface area (Å²) in [6.07, 6.45) is 1.98. The van der Waals surface area contributed by atoms with E-state index in [1.54, 1.807) is 11.8 Å². The largest absolute Gasteiger partial charge is 0.396 e. The van der Waals surface area contributed by atoms with Gasteiger partial charge in [0.15, 0.2) is 0 Å². The van der Waals surface area contributed by atoms with E-state index in [2.05, 4.69) is 21.2 Å². The van der Waals surface area contributed by atoms with Gasteiger partial charge in [0.1, 0.15) is 0 Å². The molecular weight excluding hydrogens is 326 g/mol. The Labute approximate surface area is 127 Å². The topological polar surface area (TPSA) is 49.3 Å². The molecule has 1 atom stereocenters. The number of thioether (sulfide) groups is 1. The predicted molar refractivity (Wildman–Crippen MR) is 83.4 cm³/mol. The third kappa shape index (κ3) is 6.99. The summed E-state index contributed by atoms with van der Waals surface area (Å²) < 4.78 is 1.06. The van der Waals surface area contributed by atoms with Crippen molar-refractivity contribution in [2.24, 2.45) is 0 Å². The molecule has 1 rings (SSSR count). The fourth-order valence-electron chi connectivity index (χ4n) is 1.63. The lowest BCUT2D eigenvalue weighted by Crippen LogP contribution is -2.35. The van der Waals surface area contributed by atoms with Crippen molar-refractivity contribution >= 4 is 33.6 Å². The van der Waals surface area contributed by atoms with Crippen LogP contribution < -0.4 is 5.32 Å². The average Bonchev–Trinajstić information content (AvgIpc) is 2.40. The van der Waals surface area contributed by atoms with Crippen molar-refractivity contribution in [1.82, 2.24) is 5.32 Å². The summed E-state index contributed by atoms with van der Waals surface area (Å²) in [7, 11) is 0. The summed E-state index contributed by atoms with van der Waals surface area (Å²) in [6.45, 7) is 2.13. The number of benzene rings is 1. The monoisotopic (exact) mass is 345 g/mol. The van der Waals surface area contributed by atoms with Gasteiger partial charge in [-0.1, -0.05) is 22.9 Å². The first-order valence-corrected chi connectivity index (χ1v) is 8.22. The number of aliphatic hydroxyl groups excluding tert-OH is 1. The first-order chi connectivity index (χ1) is 9.15. The van der Waals surface area contributed by atoms with E-state index in [9.17, 15) is 4.79 Å². The lowest BCUT2D eigenvalue weighted by Gasteiger charge is -2.15. The summed E-state index contributed by atoms with van der Waals surface area (Å²) in [5, 5.41) is 11.8. The number of carbonyl (C=O) groups is 1. The Hall–Kier alpha value is -0.520. The third-order valence-corrected chi connectivity index (χ3v) is 4.29. The molecule has 5 heteroatoms. The molecule has 0 saturated heterocycles. The summed E-state index contributed by atoms with van der Waals surface area (Å²) >= 11 is 5.07. The second-order valence-electron chi connectivity index (χ2n) is 4.24. The van der Waals surface area contributed by atoms with Crippen molar-refractivity contribution in [3.63, 3.8) is 0 Å². The maximum atomic E-state index is 11.7. The standard InChI is InChI=1S/C14H20BrNO2S/c1-2-12(7-9-17)16-14(18)8-10-19-13-5-3-11(15)4-6-13/h3-6,12,17H,2,7-10H2,1H3,(H,16,18). The van der Waals surface area contributed by atoms with Gasteiger partial charge >= 0.3 is 0 Å². The molecule has 106 valence electrons. The fourth-order valence-corrected chi connectivity index (χ4v) is 2.74. The molecule has 0 fully saturated rings. The highest BCUT2D eigenvalue weighted by Crippen LogP contribution is 2.21. The van der Waals surface area contributed by atoms with Crippen LogP contribution in [0.15, 0.2) is 33.6 Å². The van der Waals surface area contributed by atoms with E-state index >= 15 is 0 Å². The molecule has 19 heavy (non-hydrogen) atoms. The molecule has 0 aliphatic carbocycles. The van der Waals surface area contributed by atoms with Gasteiger partial charge < -0.3 is 10.4 Å². The summed E-state index contributed by atoms with van der Waals surface area (Å²) in [5.41, 5.74) is 0. The minimum atomic E-state index is 0.0601. The summed E-state index contributed by atoms with van der Waals surface area (Å²) in [6, 6.07) is 8.16. The van der Waals surface area contributed by atoms with Crippen molar-refractivity contribution in [3.8, 4) is 0 Å². The van der Waals surface area contributed by atoms with Gasteiger partial charge in [-0.3, -0.25) is 4.79 Å². The van der Waals surface area contributed by atoms with E-state index in [0.29, 0.717) is 12.8 Å². The first-order valence-electron chi connectivity index (χ1n) is 6.44. The molecule has 0 aliphatic rings. The van der Waals surface area contributed by atoms with E-state index in [1.807, 2.05) is 31.2 Å². The lowest BCUT2D eigenvalue weighted by atomic mass is 10.1. The molecule has 0 saturated carbocycles. The zero-order valence-corrected chi connectivity index (χ0v) is 13.5. The normalized spacial score (nSPS) is 12.2. The van der Waals surface area contributed by atoms with Crippen LogP contribution in [0, 0.1) is 0 Å². The second-order valence-corrected chi connectivity index (χ2v) is 6.32. The minimum Gasteiger partial charge on any atom is -0.396 e. The van der Waals surface area contributed by atoms with Crippen LogP contribution in [0.1, 0.15) is 26.2 Å². The predicted octanol–water partition coefficient (Wildman–Crippen LogP) is 3.21. The Bertz CT molecular complexity index is 384. The van der Waals surface area contributed by atoms with Gasteiger partial charge in [0, 0.05) is 34.2 Å². The first kappa shape index (κ1) is 16.5. The van der Waals surface area contributed by atoms with Gasteiger partial charge in [0.2, 0.25) is 5.91 Å². The van der Waals surface area contributed by atoms with Crippen LogP contribution in [0.25, 0.3) is 0 Å². The zero-order chi connectivity index (χ0) is 14.1. The van der Waals surface area contributed by atoms with Crippen molar-refractivity contribution in [2.75, 3.05) is 12.4 Å². The van der Waals surface area contributed by atoms with Crippen molar-refractivity contribution < 1.29 is 9.90 Å². The number of halogens is 1. The number of hydrogen-bond acceptors (Lipinski definition) is 3. The van der Waals surface area contributed by atoms with E-state index in [1.165, 1.54) is 4.90 Å². The van der Waals surface area contributed by atoms with Gasteiger partial charge in [-0.25, -0.2) is 0 Å². The maximum absolute atomic E-state index is 11.7. The molecule has 3 nitrogen and oxygen atoms in total. The highest BCUT2D eigenvalue weighted by Gasteiger charge is 2.09. The average molecular weight is 346 g/mol. The Morgan fingerprint density at radius 2 is 2.11 bits per heavy atom. The molecule has 0 aromatic heterocycles. The quantitative estimate of drug-likeness (QED) is 0.711. The smallest absolute Gasteiger partial charge is 0.221 e. The van der Waals surface area contributed by atoms with Gasteiger partial charge in [0.05, 0.1) is 0 Å². The number of aliphatic hydroxyl groups is 1. The SMILES string of the molecule is CCC(CCO)NC(=O)CCSc1ccc(Br)cc1. The lowest BCUT2D eigenvalue weighted by molar-refractivity contribution is -0.121. The van der Waals surface area contributed by atoms with E-state index in [0.717, 1.165) is 16.6 Å². The number of nitrogens with one attached hydrogen (secondary N) is 1. The van der Waals surface area contributed by atoms with Crippen LogP contribution in [0.4, 0.5) is 0 Å². The van der Waals surface area contributed by atoms with Crippen molar-refractivity contribution in [2.45, 2.75) is 37.1 Å². The van der Waals surface area contributed by atoms with Gasteiger partial charge in [-0.15, -0.1) is 11.8 Å². The highest BCUT2D eigenvalue weighted by molar-refractivity contribution is 9.10. The molecule has 1 aromatic rings. The van der Waals surface area contributed by atoms with E-state index < -0.39 is 0 Å². The van der Waals surface area contributed by atoms with Crippen molar-refractivity contribution in [3.05, 3.63) is 28.7 Å². The third-order valence-electron chi connectivity index (χ3n) is 2.75. The van der Waals surface area contributed by atoms with Crippen LogP contribution in [-0.2, 0) is 4.79 Å². The van der Waals surface area contributed by atoms with E-state index in [4.69, 9.17) is 5.11 Å². The highest BCUT2D eigenvalue weighted by atomic mass is 79.9. The molecule has 0 heterocycles. The number of amides is 1. The van der Waals surface area contributed by atoms with Gasteiger partial charge in [-0.05, 0) is 37.1 Å². The second kappa shape index (κ2) is 9.39. The van der Waals surface area contributed by atoms with Crippen LogP contribution in [-0.4, -0.2) is 29.4 Å². The Kier molecular flexibility index (Phi) is 8.18. The van der Waals surface area contributed by atoms with Crippen LogP contribution in [0.2, 0.25) is 0 Å². The summed E-state index contributed by atoms with van der Waals surface area (Å²) in [4.78, 5) is 12.9. The minimum absolute atomic E-state index is 0.0601. The summed E-state index contributed by atoms with van der Waals surface area (Å²) in [5.74, 6) is 0.827. The zero-order valence-electron chi connectivity index (χ0n) is 11.1. The number of carbonyl (C=O) groups excluding carboxylic acids is 1. The number of rotatable bonds is 8. The van der Waals surface area contributed by atoms with Crippen LogP contribution in [0.5, 0.6) is 0 Å². The molecule has 0 radical (unpaired) electrons. The molecule has 0 aliphatic heterocycles. The molecule has 0 spiro atoms. The molecular formula is C14H20BrNO2S. The molecule has 1 amide bonds. The molecule has 1 unspecified atom stereocenters. The Morgan fingerprint density at radius 1 is 1.42 bits per heavy atom. The molecule has 1 aromatic carbocycles. The fraction of sp³-hybridized carbons (Fsp3) is 0.500. The Morgan fingerprint density at radius 3 is 2.68 bits per heavy atom. The Balaban J connectivity index is 2.24. The number of hydrogen-bond donors (Lipinski definition) is 2. The molecule has 0 bridgehead atoms. The van der Waals surface area contributed by atoms with Crippen molar-refractivity contribution in [1.29, 1.82) is 0 Å². The van der Waals surface area contributed by atoms with Crippen LogP contribution in [0.3, 0.4) is 0 Å². The molecule has 2 N–H and O–H groups in total. The van der Waals surface area contributed by atoms with E-state index in [-0.39, 0.29) is 18.6 Å². The van der Waals surface area contributed by atoms with Gasteiger partial charge in [0.25, 0.3) is 0 Å².